The van der Waals surface area contributed by atoms with Gasteiger partial charge in [-0.3, -0.25) is 4.79 Å². The Morgan fingerprint density at radius 1 is 1.53 bits per heavy atom. The maximum absolute atomic E-state index is 11.7. The average molecular weight is 242 g/mol. The molecule has 0 aromatic heterocycles. The minimum atomic E-state index is -0.0194. The quantitative estimate of drug-likeness (QED) is 0.712. The fourth-order valence-electron chi connectivity index (χ4n) is 2.22. The number of piperidine rings is 1. The predicted octanol–water partition coefficient (Wildman–Crippen LogP) is 1.26. The predicted molar refractivity (Wildman–Crippen MR) is 68.9 cm³/mol. The Labute approximate surface area is 105 Å². The highest BCUT2D eigenvalue weighted by atomic mass is 16.5. The standard InChI is InChI=1S/C13H26N2O2/c1-4-17-13(16)12-6-5-8-15(10-12)9-7-14-11(2)3/h11-12,14H,4-10H2,1-3H3. The number of likely N-dealkylation sites (tertiary alicyclic amines) is 1. The molecule has 1 aliphatic rings. The number of nitrogens with one attached hydrogen (secondary N) is 1. The molecule has 0 aliphatic carbocycles. The number of hydrogen-bond acceptors (Lipinski definition) is 4. The summed E-state index contributed by atoms with van der Waals surface area (Å²) in [5, 5.41) is 3.40. The first-order valence-corrected chi connectivity index (χ1v) is 6.75. The molecule has 0 amide bonds. The van der Waals surface area contributed by atoms with E-state index in [9.17, 15) is 4.79 Å². The Morgan fingerprint density at radius 2 is 2.29 bits per heavy atom. The molecule has 0 aromatic rings. The minimum absolute atomic E-state index is 0.0194. The largest absolute Gasteiger partial charge is 0.466 e. The minimum Gasteiger partial charge on any atom is -0.466 e. The first kappa shape index (κ1) is 14.5. The molecule has 1 fully saturated rings. The maximum atomic E-state index is 11.7. The average Bonchev–Trinajstić information content (AvgIpc) is 2.29. The smallest absolute Gasteiger partial charge is 0.310 e. The Balaban J connectivity index is 2.26. The molecule has 0 aromatic carbocycles. The van der Waals surface area contributed by atoms with Crippen LogP contribution in [0.4, 0.5) is 0 Å². The molecule has 0 spiro atoms. The number of carbonyl (C=O) groups excluding carboxylic acids is 1. The van der Waals surface area contributed by atoms with Gasteiger partial charge in [-0.25, -0.2) is 0 Å². The van der Waals surface area contributed by atoms with Gasteiger partial charge < -0.3 is 15.0 Å². The summed E-state index contributed by atoms with van der Waals surface area (Å²) in [6, 6.07) is 0.528. The van der Waals surface area contributed by atoms with Gasteiger partial charge in [0.15, 0.2) is 0 Å². The van der Waals surface area contributed by atoms with Crippen molar-refractivity contribution >= 4 is 5.97 Å². The monoisotopic (exact) mass is 242 g/mol. The van der Waals surface area contributed by atoms with Crippen LogP contribution in [0.15, 0.2) is 0 Å². The zero-order valence-corrected chi connectivity index (χ0v) is 11.4. The summed E-state index contributed by atoms with van der Waals surface area (Å²) in [6.45, 7) is 10.6. The molecule has 17 heavy (non-hydrogen) atoms. The highest BCUT2D eigenvalue weighted by molar-refractivity contribution is 5.72. The first-order chi connectivity index (χ1) is 8.13. The molecule has 4 nitrogen and oxygen atoms in total. The fraction of sp³-hybridized carbons (Fsp3) is 0.923. The van der Waals surface area contributed by atoms with Crippen LogP contribution in [0.25, 0.3) is 0 Å². The second-order valence-corrected chi connectivity index (χ2v) is 5.00. The summed E-state index contributed by atoms with van der Waals surface area (Å²) in [7, 11) is 0. The summed E-state index contributed by atoms with van der Waals surface area (Å²) in [5.74, 6) is 0.0665. The number of hydrogen-bond donors (Lipinski definition) is 1. The van der Waals surface area contributed by atoms with Crippen molar-refractivity contribution in [3.05, 3.63) is 0 Å². The van der Waals surface area contributed by atoms with E-state index in [1.54, 1.807) is 0 Å². The lowest BCUT2D eigenvalue weighted by Crippen LogP contribution is -2.43. The van der Waals surface area contributed by atoms with Gasteiger partial charge in [-0.2, -0.15) is 0 Å². The summed E-state index contributed by atoms with van der Waals surface area (Å²) >= 11 is 0. The van der Waals surface area contributed by atoms with Gasteiger partial charge in [-0.15, -0.1) is 0 Å². The van der Waals surface area contributed by atoms with E-state index in [-0.39, 0.29) is 11.9 Å². The van der Waals surface area contributed by atoms with E-state index >= 15 is 0 Å². The van der Waals surface area contributed by atoms with Crippen molar-refractivity contribution in [3.63, 3.8) is 0 Å². The maximum Gasteiger partial charge on any atom is 0.310 e. The molecular weight excluding hydrogens is 216 g/mol. The summed E-state index contributed by atoms with van der Waals surface area (Å²) in [4.78, 5) is 14.0. The zero-order valence-electron chi connectivity index (χ0n) is 11.4. The third-order valence-electron chi connectivity index (χ3n) is 3.11. The van der Waals surface area contributed by atoms with E-state index in [1.807, 2.05) is 6.92 Å². The number of ether oxygens (including phenoxy) is 1. The lowest BCUT2D eigenvalue weighted by Gasteiger charge is -2.31. The lowest BCUT2D eigenvalue weighted by atomic mass is 9.98. The van der Waals surface area contributed by atoms with Crippen molar-refractivity contribution < 1.29 is 9.53 Å². The van der Waals surface area contributed by atoms with Crippen LogP contribution in [0.5, 0.6) is 0 Å². The molecule has 100 valence electrons. The van der Waals surface area contributed by atoms with Crippen LogP contribution in [-0.4, -0.2) is 49.7 Å². The number of rotatable bonds is 6. The van der Waals surface area contributed by atoms with Gasteiger partial charge >= 0.3 is 5.97 Å². The molecular formula is C13H26N2O2. The molecule has 1 atom stereocenters. The van der Waals surface area contributed by atoms with E-state index in [4.69, 9.17) is 4.74 Å². The highest BCUT2D eigenvalue weighted by Gasteiger charge is 2.26. The van der Waals surface area contributed by atoms with E-state index < -0.39 is 0 Å². The van der Waals surface area contributed by atoms with Gasteiger partial charge in [0.1, 0.15) is 0 Å². The Bertz CT molecular complexity index is 231. The van der Waals surface area contributed by atoms with Gasteiger partial charge in [0.05, 0.1) is 12.5 Å². The van der Waals surface area contributed by atoms with Crippen molar-refractivity contribution in [2.45, 2.75) is 39.7 Å². The number of carbonyl (C=O) groups is 1. The van der Waals surface area contributed by atoms with E-state index in [1.165, 1.54) is 0 Å². The molecule has 4 heteroatoms. The van der Waals surface area contributed by atoms with Crippen molar-refractivity contribution in [1.82, 2.24) is 10.2 Å². The van der Waals surface area contributed by atoms with Crippen LogP contribution in [-0.2, 0) is 9.53 Å². The van der Waals surface area contributed by atoms with Crippen molar-refractivity contribution in [1.29, 1.82) is 0 Å². The van der Waals surface area contributed by atoms with Gasteiger partial charge in [0.25, 0.3) is 0 Å². The molecule has 1 N–H and O–H groups in total. The second kappa shape index (κ2) is 7.67. The third kappa shape index (κ3) is 5.50. The van der Waals surface area contributed by atoms with Gasteiger partial charge in [-0.05, 0) is 26.3 Å². The van der Waals surface area contributed by atoms with Gasteiger partial charge in [-0.1, -0.05) is 13.8 Å². The normalized spacial score (nSPS) is 21.8. The summed E-state index contributed by atoms with van der Waals surface area (Å²) in [6.07, 6.45) is 2.08. The van der Waals surface area contributed by atoms with Crippen LogP contribution in [0.3, 0.4) is 0 Å². The Morgan fingerprint density at radius 3 is 2.94 bits per heavy atom. The van der Waals surface area contributed by atoms with Crippen molar-refractivity contribution in [2.75, 3.05) is 32.8 Å². The van der Waals surface area contributed by atoms with Crippen LogP contribution in [0.1, 0.15) is 33.6 Å². The van der Waals surface area contributed by atoms with Crippen LogP contribution >= 0.6 is 0 Å². The second-order valence-electron chi connectivity index (χ2n) is 5.00. The highest BCUT2D eigenvalue weighted by Crippen LogP contribution is 2.17. The summed E-state index contributed by atoms with van der Waals surface area (Å²) in [5.41, 5.74) is 0. The Hall–Kier alpha value is -0.610. The van der Waals surface area contributed by atoms with Crippen LogP contribution in [0, 0.1) is 5.92 Å². The van der Waals surface area contributed by atoms with Crippen molar-refractivity contribution in [2.24, 2.45) is 5.92 Å². The molecule has 0 bridgehead atoms. The fourth-order valence-corrected chi connectivity index (χ4v) is 2.22. The topological polar surface area (TPSA) is 41.6 Å². The third-order valence-corrected chi connectivity index (χ3v) is 3.11. The first-order valence-electron chi connectivity index (χ1n) is 6.75. The lowest BCUT2D eigenvalue weighted by molar-refractivity contribution is -0.149. The molecule has 1 heterocycles. The summed E-state index contributed by atoms with van der Waals surface area (Å²) < 4.78 is 5.09. The molecule has 1 rings (SSSR count). The van der Waals surface area contributed by atoms with Crippen LogP contribution in [0.2, 0.25) is 0 Å². The Kier molecular flexibility index (Phi) is 6.52. The molecule has 1 saturated heterocycles. The van der Waals surface area contributed by atoms with Crippen LogP contribution < -0.4 is 5.32 Å². The van der Waals surface area contributed by atoms with Gasteiger partial charge in [0, 0.05) is 25.7 Å². The SMILES string of the molecule is CCOC(=O)C1CCCN(CCNC(C)C)C1. The molecule has 0 saturated carbocycles. The van der Waals surface area contributed by atoms with E-state index in [2.05, 4.69) is 24.1 Å². The molecule has 1 aliphatic heterocycles. The number of nitrogens with zero attached hydrogens (tertiary/aromatic N) is 1. The van der Waals surface area contributed by atoms with Gasteiger partial charge in [0.2, 0.25) is 0 Å². The molecule has 0 radical (unpaired) electrons. The van der Waals surface area contributed by atoms with E-state index in [0.29, 0.717) is 12.6 Å². The molecule has 1 unspecified atom stereocenters. The number of esters is 1. The van der Waals surface area contributed by atoms with E-state index in [0.717, 1.165) is 39.0 Å². The zero-order chi connectivity index (χ0) is 12.7. The van der Waals surface area contributed by atoms with Crippen molar-refractivity contribution in [3.8, 4) is 0 Å².